The molecule has 2 fully saturated rings. The molecular weight excluding hydrogens is 338 g/mol. The Bertz CT molecular complexity index is 655. The maximum absolute atomic E-state index is 12.8. The van der Waals surface area contributed by atoms with Crippen LogP contribution in [0.15, 0.2) is 24.3 Å². The Morgan fingerprint density at radius 1 is 1.28 bits per heavy atom. The van der Waals surface area contributed by atoms with E-state index in [1.165, 1.54) is 18.6 Å². The van der Waals surface area contributed by atoms with Crippen LogP contribution in [0.5, 0.6) is 11.5 Å². The predicted molar refractivity (Wildman–Crippen MR) is 98.6 cm³/mol. The molecule has 2 saturated heterocycles. The zero-order valence-electron chi connectivity index (χ0n) is 14.1. The molecule has 0 aromatic heterocycles. The summed E-state index contributed by atoms with van der Waals surface area (Å²) in [6.07, 6.45) is 5.99. The molecule has 2 N–H and O–H groups in total. The Kier molecular flexibility index (Phi) is 5.14. The second-order valence-electron chi connectivity index (χ2n) is 6.49. The molecule has 134 valence electrons. The lowest BCUT2D eigenvalue weighted by atomic mass is 10.1. The number of thioether (sulfide) groups is 1. The van der Waals surface area contributed by atoms with E-state index < -0.39 is 0 Å². The number of rotatable bonds is 5. The summed E-state index contributed by atoms with van der Waals surface area (Å²) in [7, 11) is 0. The molecule has 1 unspecified atom stereocenters. The topological polar surface area (TPSA) is 62.8 Å². The van der Waals surface area contributed by atoms with Gasteiger partial charge in [-0.15, -0.1) is 0 Å². The van der Waals surface area contributed by atoms with Crippen molar-refractivity contribution in [1.82, 2.24) is 15.8 Å². The highest BCUT2D eigenvalue weighted by Gasteiger charge is 2.29. The van der Waals surface area contributed by atoms with Gasteiger partial charge in [-0.2, -0.15) is 11.8 Å². The molecule has 6 nitrogen and oxygen atoms in total. The van der Waals surface area contributed by atoms with Gasteiger partial charge in [0.15, 0.2) is 11.5 Å². The molecule has 1 amide bonds. The Hall–Kier alpha value is -1.70. The normalized spacial score (nSPS) is 22.8. The molecule has 3 aliphatic rings. The van der Waals surface area contributed by atoms with Crippen LogP contribution in [0.25, 0.3) is 6.08 Å². The van der Waals surface area contributed by atoms with Gasteiger partial charge in [0.2, 0.25) is 12.7 Å². The van der Waals surface area contributed by atoms with Crippen molar-refractivity contribution in [2.24, 2.45) is 0 Å². The van der Waals surface area contributed by atoms with E-state index in [2.05, 4.69) is 10.9 Å². The highest BCUT2D eigenvalue weighted by Crippen LogP contribution is 2.33. The number of nitrogens with zero attached hydrogens (tertiary/aromatic N) is 1. The third-order valence-corrected chi connectivity index (χ3v) is 6.14. The van der Waals surface area contributed by atoms with Crippen LogP contribution in [0.4, 0.5) is 0 Å². The first-order chi connectivity index (χ1) is 12.3. The van der Waals surface area contributed by atoms with Crippen LogP contribution >= 0.6 is 11.8 Å². The molecule has 0 saturated carbocycles. The standard InChI is InChI=1S/C18H23N3O3S/c22-18(6-4-13-3-5-16-17(8-13)24-12-23-16)21(14-9-19-20-10-14)11-15-2-1-7-25-15/h3-6,8,14-15,19-20H,1-2,7,9-12H2. The van der Waals surface area contributed by atoms with Gasteiger partial charge in [-0.1, -0.05) is 6.07 Å². The van der Waals surface area contributed by atoms with Crippen LogP contribution in [-0.2, 0) is 4.79 Å². The number of nitrogens with one attached hydrogen (secondary N) is 2. The Labute approximate surface area is 151 Å². The fourth-order valence-corrected chi connectivity index (χ4v) is 4.65. The van der Waals surface area contributed by atoms with E-state index in [1.54, 1.807) is 6.08 Å². The van der Waals surface area contributed by atoms with Gasteiger partial charge in [0.05, 0.1) is 6.04 Å². The monoisotopic (exact) mass is 361 g/mol. The van der Waals surface area contributed by atoms with E-state index in [0.29, 0.717) is 5.25 Å². The van der Waals surface area contributed by atoms with Gasteiger partial charge in [-0.3, -0.25) is 15.6 Å². The van der Waals surface area contributed by atoms with Crippen molar-refractivity contribution in [2.45, 2.75) is 24.1 Å². The third-order valence-electron chi connectivity index (χ3n) is 4.76. The summed E-state index contributed by atoms with van der Waals surface area (Å²) >= 11 is 1.99. The van der Waals surface area contributed by atoms with Crippen LogP contribution in [0.2, 0.25) is 0 Å². The summed E-state index contributed by atoms with van der Waals surface area (Å²) in [5.41, 5.74) is 7.20. The molecule has 0 radical (unpaired) electrons. The van der Waals surface area contributed by atoms with Crippen molar-refractivity contribution >= 4 is 23.7 Å². The summed E-state index contributed by atoms with van der Waals surface area (Å²) in [5, 5.41) is 0.559. The first-order valence-electron chi connectivity index (χ1n) is 8.75. The van der Waals surface area contributed by atoms with Crippen molar-refractivity contribution in [3.05, 3.63) is 29.8 Å². The maximum atomic E-state index is 12.8. The van der Waals surface area contributed by atoms with Crippen LogP contribution < -0.4 is 20.3 Å². The SMILES string of the molecule is O=C(C=Cc1ccc2c(c1)OCO2)N(CC1CCCS1)C1CNNC1. The Balaban J connectivity index is 1.45. The summed E-state index contributed by atoms with van der Waals surface area (Å²) in [6, 6.07) is 5.93. The van der Waals surface area contributed by atoms with E-state index in [9.17, 15) is 4.79 Å². The smallest absolute Gasteiger partial charge is 0.246 e. The van der Waals surface area contributed by atoms with Crippen LogP contribution in [-0.4, -0.2) is 54.3 Å². The minimum atomic E-state index is 0.0701. The first kappa shape index (κ1) is 16.8. The van der Waals surface area contributed by atoms with Crippen molar-refractivity contribution < 1.29 is 14.3 Å². The minimum Gasteiger partial charge on any atom is -0.454 e. The maximum Gasteiger partial charge on any atom is 0.246 e. The van der Waals surface area contributed by atoms with Crippen molar-refractivity contribution in [3.8, 4) is 11.5 Å². The highest BCUT2D eigenvalue weighted by molar-refractivity contribution is 8.00. The molecule has 7 heteroatoms. The van der Waals surface area contributed by atoms with E-state index in [-0.39, 0.29) is 18.7 Å². The number of hydrogen-bond donors (Lipinski definition) is 2. The number of hydrazine groups is 1. The van der Waals surface area contributed by atoms with E-state index in [4.69, 9.17) is 9.47 Å². The number of fused-ring (bicyclic) bond motifs is 1. The van der Waals surface area contributed by atoms with Crippen molar-refractivity contribution in [2.75, 3.05) is 32.2 Å². The fourth-order valence-electron chi connectivity index (χ4n) is 3.38. The number of carbonyl (C=O) groups is 1. The van der Waals surface area contributed by atoms with Gasteiger partial charge >= 0.3 is 0 Å². The molecule has 0 spiro atoms. The van der Waals surface area contributed by atoms with Gasteiger partial charge in [0.1, 0.15) is 0 Å². The van der Waals surface area contributed by atoms with E-state index >= 15 is 0 Å². The number of hydrogen-bond acceptors (Lipinski definition) is 6. The molecule has 1 atom stereocenters. The zero-order valence-corrected chi connectivity index (χ0v) is 14.9. The lowest BCUT2D eigenvalue weighted by Gasteiger charge is -2.29. The summed E-state index contributed by atoms with van der Waals surface area (Å²) in [6.45, 7) is 2.67. The second kappa shape index (κ2) is 7.68. The lowest BCUT2D eigenvalue weighted by molar-refractivity contribution is -0.127. The quantitative estimate of drug-likeness (QED) is 0.778. The number of carbonyl (C=O) groups excluding carboxylic acids is 1. The molecule has 25 heavy (non-hydrogen) atoms. The largest absolute Gasteiger partial charge is 0.454 e. The van der Waals surface area contributed by atoms with Crippen LogP contribution in [0.1, 0.15) is 18.4 Å². The molecule has 4 rings (SSSR count). The summed E-state index contributed by atoms with van der Waals surface area (Å²) < 4.78 is 10.7. The second-order valence-corrected chi connectivity index (χ2v) is 7.90. The predicted octanol–water partition coefficient (Wildman–Crippen LogP) is 1.63. The Morgan fingerprint density at radius 2 is 2.12 bits per heavy atom. The number of amides is 1. The first-order valence-corrected chi connectivity index (χ1v) is 9.80. The van der Waals surface area contributed by atoms with Gasteiger partial charge in [0, 0.05) is 31.0 Å². The average Bonchev–Trinajstić information content (AvgIpc) is 3.39. The molecule has 3 heterocycles. The van der Waals surface area contributed by atoms with Crippen molar-refractivity contribution in [1.29, 1.82) is 0 Å². The van der Waals surface area contributed by atoms with Crippen LogP contribution in [0, 0.1) is 0 Å². The Morgan fingerprint density at radius 3 is 2.92 bits per heavy atom. The highest BCUT2D eigenvalue weighted by atomic mass is 32.2. The van der Waals surface area contributed by atoms with E-state index in [0.717, 1.165) is 36.7 Å². The average molecular weight is 361 g/mol. The minimum absolute atomic E-state index is 0.0701. The lowest BCUT2D eigenvalue weighted by Crippen LogP contribution is -2.45. The third kappa shape index (κ3) is 3.94. The number of ether oxygens (including phenoxy) is 2. The molecule has 0 bridgehead atoms. The van der Waals surface area contributed by atoms with Gasteiger partial charge in [0.25, 0.3) is 0 Å². The van der Waals surface area contributed by atoms with Gasteiger partial charge in [-0.25, -0.2) is 0 Å². The van der Waals surface area contributed by atoms with Gasteiger partial charge in [-0.05, 0) is 42.4 Å². The number of benzene rings is 1. The summed E-state index contributed by atoms with van der Waals surface area (Å²) in [5.74, 6) is 2.77. The molecule has 3 aliphatic heterocycles. The fraction of sp³-hybridized carbons (Fsp3) is 0.500. The molecular formula is C18H23N3O3S. The molecule has 0 aliphatic carbocycles. The van der Waals surface area contributed by atoms with Gasteiger partial charge < -0.3 is 14.4 Å². The molecule has 1 aromatic rings. The summed E-state index contributed by atoms with van der Waals surface area (Å²) in [4.78, 5) is 14.9. The van der Waals surface area contributed by atoms with Crippen molar-refractivity contribution in [3.63, 3.8) is 0 Å². The van der Waals surface area contributed by atoms with E-state index in [1.807, 2.05) is 40.9 Å². The van der Waals surface area contributed by atoms with Crippen LogP contribution in [0.3, 0.4) is 0 Å². The zero-order chi connectivity index (χ0) is 17.1. The molecule has 1 aromatic carbocycles.